The molecule has 0 amide bonds. The van der Waals surface area contributed by atoms with Gasteiger partial charge in [0.2, 0.25) is 0 Å². The fourth-order valence-electron chi connectivity index (χ4n) is 2.34. The molecule has 0 N–H and O–H groups in total. The van der Waals surface area contributed by atoms with Crippen LogP contribution >= 0.6 is 0 Å². The van der Waals surface area contributed by atoms with E-state index in [-0.39, 0.29) is 6.29 Å². The zero-order chi connectivity index (χ0) is 13.6. The second-order valence-electron chi connectivity index (χ2n) is 4.85. The molecule has 0 unspecified atom stereocenters. The van der Waals surface area contributed by atoms with Crippen molar-refractivity contribution in [3.05, 3.63) is 35.9 Å². The number of methoxy groups -OCH3 is 1. The van der Waals surface area contributed by atoms with Gasteiger partial charge in [-0.05, 0) is 12.0 Å². The number of carbonyl (C=O) groups excluding carboxylic acids is 1. The van der Waals surface area contributed by atoms with Crippen molar-refractivity contribution in [2.24, 2.45) is 0 Å². The van der Waals surface area contributed by atoms with Crippen LogP contribution in [0.5, 0.6) is 0 Å². The average Bonchev–Trinajstić information content (AvgIpc) is 2.84. The standard InChI is InChI=1S/C15H20O4/c1-17-14-7-8-15(19-14,9-10-16)12-18-11-13-5-3-2-4-6-13/h2-6,10,14H,7-9,11-12H2,1H3/t14-,15-/m0/s1. The van der Waals surface area contributed by atoms with Crippen LogP contribution in [0, 0.1) is 0 Å². The first-order valence-electron chi connectivity index (χ1n) is 6.54. The lowest BCUT2D eigenvalue weighted by atomic mass is 9.98. The Morgan fingerprint density at radius 3 is 2.84 bits per heavy atom. The number of benzene rings is 1. The van der Waals surface area contributed by atoms with E-state index in [0.717, 1.165) is 24.7 Å². The molecule has 0 radical (unpaired) electrons. The van der Waals surface area contributed by atoms with E-state index >= 15 is 0 Å². The van der Waals surface area contributed by atoms with Gasteiger partial charge in [0.05, 0.1) is 13.2 Å². The molecule has 1 aromatic rings. The van der Waals surface area contributed by atoms with Crippen LogP contribution in [0.4, 0.5) is 0 Å². The molecule has 1 saturated heterocycles. The monoisotopic (exact) mass is 264 g/mol. The van der Waals surface area contributed by atoms with Gasteiger partial charge in [0.1, 0.15) is 11.9 Å². The molecule has 0 aliphatic carbocycles. The molecule has 1 heterocycles. The first-order chi connectivity index (χ1) is 9.28. The zero-order valence-corrected chi connectivity index (χ0v) is 11.2. The summed E-state index contributed by atoms with van der Waals surface area (Å²) in [5.41, 5.74) is 0.599. The van der Waals surface area contributed by atoms with Crippen molar-refractivity contribution in [2.45, 2.75) is 37.8 Å². The Morgan fingerprint density at radius 2 is 2.21 bits per heavy atom. The third kappa shape index (κ3) is 3.86. The first-order valence-corrected chi connectivity index (χ1v) is 6.54. The molecular weight excluding hydrogens is 244 g/mol. The van der Waals surface area contributed by atoms with Crippen molar-refractivity contribution >= 4 is 6.29 Å². The van der Waals surface area contributed by atoms with E-state index < -0.39 is 5.60 Å². The molecule has 0 saturated carbocycles. The van der Waals surface area contributed by atoms with Crippen LogP contribution in [0.1, 0.15) is 24.8 Å². The Bertz CT molecular complexity index is 392. The number of rotatable bonds is 7. The summed E-state index contributed by atoms with van der Waals surface area (Å²) < 4.78 is 16.7. The fourth-order valence-corrected chi connectivity index (χ4v) is 2.34. The fraction of sp³-hybridized carbons (Fsp3) is 0.533. The summed E-state index contributed by atoms with van der Waals surface area (Å²) in [7, 11) is 1.62. The quantitative estimate of drug-likeness (QED) is 0.709. The van der Waals surface area contributed by atoms with Crippen LogP contribution in [0.25, 0.3) is 0 Å². The van der Waals surface area contributed by atoms with E-state index in [2.05, 4.69) is 0 Å². The lowest BCUT2D eigenvalue weighted by molar-refractivity contribution is -0.176. The molecule has 1 fully saturated rings. The van der Waals surface area contributed by atoms with Gasteiger partial charge in [-0.3, -0.25) is 0 Å². The predicted molar refractivity (Wildman–Crippen MR) is 70.6 cm³/mol. The molecule has 4 nitrogen and oxygen atoms in total. The molecule has 2 atom stereocenters. The van der Waals surface area contributed by atoms with Crippen molar-refractivity contribution in [2.75, 3.05) is 13.7 Å². The van der Waals surface area contributed by atoms with Crippen LogP contribution in [0.15, 0.2) is 30.3 Å². The summed E-state index contributed by atoms with van der Waals surface area (Å²) in [5.74, 6) is 0. The normalized spacial score (nSPS) is 26.5. The number of carbonyl (C=O) groups is 1. The largest absolute Gasteiger partial charge is 0.374 e. The summed E-state index contributed by atoms with van der Waals surface area (Å²) in [6.45, 7) is 0.947. The van der Waals surface area contributed by atoms with Crippen molar-refractivity contribution in [1.82, 2.24) is 0 Å². The summed E-state index contributed by atoms with van der Waals surface area (Å²) in [5, 5.41) is 0. The lowest BCUT2D eigenvalue weighted by Gasteiger charge is -2.26. The first kappa shape index (κ1) is 14.2. The molecule has 0 spiro atoms. The summed E-state index contributed by atoms with van der Waals surface area (Å²) in [6, 6.07) is 9.96. The molecule has 104 valence electrons. The van der Waals surface area contributed by atoms with E-state index in [9.17, 15) is 4.79 Å². The van der Waals surface area contributed by atoms with E-state index in [1.54, 1.807) is 7.11 Å². The Hall–Kier alpha value is -1.23. The molecule has 1 aliphatic heterocycles. The molecule has 0 aromatic heterocycles. The minimum absolute atomic E-state index is 0.222. The zero-order valence-electron chi connectivity index (χ0n) is 11.2. The highest BCUT2D eigenvalue weighted by Gasteiger charge is 2.40. The van der Waals surface area contributed by atoms with Crippen LogP contribution < -0.4 is 0 Å². The van der Waals surface area contributed by atoms with Crippen molar-refractivity contribution in [3.63, 3.8) is 0 Å². The smallest absolute Gasteiger partial charge is 0.158 e. The van der Waals surface area contributed by atoms with Crippen LogP contribution in [0.3, 0.4) is 0 Å². The molecule has 1 aliphatic rings. The van der Waals surface area contributed by atoms with E-state index in [1.165, 1.54) is 0 Å². The maximum Gasteiger partial charge on any atom is 0.158 e. The lowest BCUT2D eigenvalue weighted by Crippen LogP contribution is -2.35. The van der Waals surface area contributed by atoms with E-state index in [1.807, 2.05) is 30.3 Å². The summed E-state index contributed by atoms with van der Waals surface area (Å²) >= 11 is 0. The summed E-state index contributed by atoms with van der Waals surface area (Å²) in [4.78, 5) is 10.8. The second-order valence-corrected chi connectivity index (χ2v) is 4.85. The van der Waals surface area contributed by atoms with Gasteiger partial charge in [-0.1, -0.05) is 30.3 Å². The molecule has 2 rings (SSSR count). The van der Waals surface area contributed by atoms with Gasteiger partial charge < -0.3 is 19.0 Å². The highest BCUT2D eigenvalue weighted by atomic mass is 16.7. The summed E-state index contributed by atoms with van der Waals surface area (Å²) in [6.07, 6.45) is 2.61. The van der Waals surface area contributed by atoms with Crippen LogP contribution in [-0.2, 0) is 25.6 Å². The van der Waals surface area contributed by atoms with Crippen LogP contribution in [-0.4, -0.2) is 31.9 Å². The van der Waals surface area contributed by atoms with E-state index in [4.69, 9.17) is 14.2 Å². The Morgan fingerprint density at radius 1 is 1.42 bits per heavy atom. The highest BCUT2D eigenvalue weighted by Crippen LogP contribution is 2.33. The number of ether oxygens (including phenoxy) is 3. The molecule has 0 bridgehead atoms. The van der Waals surface area contributed by atoms with Gasteiger partial charge in [0.25, 0.3) is 0 Å². The van der Waals surface area contributed by atoms with Gasteiger partial charge in [-0.25, -0.2) is 0 Å². The van der Waals surface area contributed by atoms with Gasteiger partial charge in [-0.15, -0.1) is 0 Å². The Kier molecular flexibility index (Phi) is 5.07. The van der Waals surface area contributed by atoms with Crippen molar-refractivity contribution < 1.29 is 19.0 Å². The molecule has 19 heavy (non-hydrogen) atoms. The number of aldehydes is 1. The minimum atomic E-state index is -0.517. The van der Waals surface area contributed by atoms with Gasteiger partial charge >= 0.3 is 0 Å². The van der Waals surface area contributed by atoms with Gasteiger partial charge in [-0.2, -0.15) is 0 Å². The van der Waals surface area contributed by atoms with E-state index in [0.29, 0.717) is 19.6 Å². The SMILES string of the molecule is CO[C@@H]1CC[C@](CC=O)(COCc2ccccc2)O1. The average molecular weight is 264 g/mol. The minimum Gasteiger partial charge on any atom is -0.374 e. The predicted octanol–water partition coefficient (Wildman–Crippen LogP) is 2.31. The maximum atomic E-state index is 10.8. The number of hydrogen-bond acceptors (Lipinski definition) is 4. The molecular formula is C15H20O4. The molecule has 1 aromatic carbocycles. The highest BCUT2D eigenvalue weighted by molar-refractivity contribution is 5.51. The van der Waals surface area contributed by atoms with Gasteiger partial charge in [0, 0.05) is 20.0 Å². The molecule has 4 heteroatoms. The Balaban J connectivity index is 1.86. The van der Waals surface area contributed by atoms with Crippen LogP contribution in [0.2, 0.25) is 0 Å². The third-order valence-electron chi connectivity index (χ3n) is 3.41. The van der Waals surface area contributed by atoms with Crippen molar-refractivity contribution in [3.8, 4) is 0 Å². The topological polar surface area (TPSA) is 44.8 Å². The maximum absolute atomic E-state index is 10.8. The van der Waals surface area contributed by atoms with Gasteiger partial charge in [0.15, 0.2) is 6.29 Å². The van der Waals surface area contributed by atoms with Crippen molar-refractivity contribution in [1.29, 1.82) is 0 Å². The number of hydrogen-bond donors (Lipinski definition) is 0. The second kappa shape index (κ2) is 6.80. The Labute approximate surface area is 113 Å². The third-order valence-corrected chi connectivity index (χ3v) is 3.41.